The maximum Gasteiger partial charge on any atom is 0.139 e. The molecule has 1 atom stereocenters. The molecule has 0 radical (unpaired) electrons. The fourth-order valence-electron chi connectivity index (χ4n) is 4.07. The van der Waals surface area contributed by atoms with Gasteiger partial charge in [0.25, 0.3) is 0 Å². The number of hydrogen-bond acceptors (Lipinski definition) is 3. The zero-order chi connectivity index (χ0) is 21.3. The number of allylic oxidation sites excluding steroid dienone is 4. The molecule has 1 rings (SSSR count). The van der Waals surface area contributed by atoms with Gasteiger partial charge in [-0.05, 0) is 58.8 Å². The Hall–Kier alpha value is -1.19. The Morgan fingerprint density at radius 3 is 2.11 bits per heavy atom. The minimum atomic E-state index is -0.526. The van der Waals surface area contributed by atoms with Gasteiger partial charge in [0, 0.05) is 22.8 Å². The van der Waals surface area contributed by atoms with Crippen LogP contribution in [0.2, 0.25) is 0 Å². The molecule has 0 aromatic heterocycles. The average Bonchev–Trinajstić information content (AvgIpc) is 2.64. The van der Waals surface area contributed by atoms with Crippen LogP contribution in [0.4, 0.5) is 0 Å². The summed E-state index contributed by atoms with van der Waals surface area (Å²) in [7, 11) is 0. The smallest absolute Gasteiger partial charge is 0.139 e. The first-order valence-corrected chi connectivity index (χ1v) is 10.1. The van der Waals surface area contributed by atoms with Gasteiger partial charge in [0.1, 0.15) is 11.4 Å². The predicted octanol–water partition coefficient (Wildman–Crippen LogP) is 5.75. The highest BCUT2D eigenvalue weighted by Gasteiger charge is 2.44. The number of Topliss-reactive ketones (excluding diaryl/α,β-unsaturated/α-hetero) is 1. The molecule has 0 aromatic carbocycles. The van der Waals surface area contributed by atoms with E-state index in [1.165, 1.54) is 0 Å². The molecule has 0 spiro atoms. The molecule has 3 nitrogen and oxygen atoms in total. The van der Waals surface area contributed by atoms with Crippen LogP contribution < -0.4 is 5.73 Å². The number of nitrogens with two attached hydrogens (primary N) is 1. The number of carbonyl (C=O) groups excluding carboxylic acids is 1. The Morgan fingerprint density at radius 2 is 1.63 bits per heavy atom. The summed E-state index contributed by atoms with van der Waals surface area (Å²) in [6, 6.07) is 0. The maximum absolute atomic E-state index is 12.6. The van der Waals surface area contributed by atoms with Crippen molar-refractivity contribution in [1.82, 2.24) is 0 Å². The van der Waals surface area contributed by atoms with Crippen LogP contribution in [-0.4, -0.2) is 22.5 Å². The van der Waals surface area contributed by atoms with Gasteiger partial charge >= 0.3 is 0 Å². The average molecular weight is 376 g/mol. The molecule has 0 saturated carbocycles. The van der Waals surface area contributed by atoms with E-state index in [9.17, 15) is 4.79 Å². The summed E-state index contributed by atoms with van der Waals surface area (Å²) in [6.07, 6.45) is 11.7. The summed E-state index contributed by atoms with van der Waals surface area (Å²) in [5.74, 6) is 0.278. The van der Waals surface area contributed by atoms with E-state index in [1.54, 1.807) is 0 Å². The topological polar surface area (TPSA) is 52.3 Å². The van der Waals surface area contributed by atoms with Crippen molar-refractivity contribution >= 4 is 5.78 Å². The van der Waals surface area contributed by atoms with Crippen LogP contribution in [0.3, 0.4) is 0 Å². The Balaban J connectivity index is 3.12. The maximum atomic E-state index is 12.6. The van der Waals surface area contributed by atoms with Gasteiger partial charge in [-0.2, -0.15) is 0 Å². The largest absolute Gasteiger partial charge is 0.361 e. The number of carbonyl (C=O) groups is 1. The van der Waals surface area contributed by atoms with Crippen LogP contribution in [0.15, 0.2) is 36.0 Å². The van der Waals surface area contributed by atoms with E-state index in [2.05, 4.69) is 58.9 Å². The van der Waals surface area contributed by atoms with Gasteiger partial charge in [0.15, 0.2) is 0 Å². The molecular weight excluding hydrogens is 334 g/mol. The minimum absolute atomic E-state index is 0.278. The summed E-state index contributed by atoms with van der Waals surface area (Å²) in [4.78, 5) is 12.6. The molecule has 3 heteroatoms. The van der Waals surface area contributed by atoms with Crippen LogP contribution in [0.1, 0.15) is 82.1 Å². The fourth-order valence-corrected chi connectivity index (χ4v) is 4.07. The van der Waals surface area contributed by atoms with Gasteiger partial charge in [-0.15, -0.1) is 0 Å². The molecule has 0 aromatic rings. The summed E-state index contributed by atoms with van der Waals surface area (Å²) in [6.45, 7) is 20.6. The van der Waals surface area contributed by atoms with Gasteiger partial charge in [-0.3, -0.25) is 4.79 Å². The van der Waals surface area contributed by atoms with Crippen LogP contribution >= 0.6 is 0 Å². The standard InChI is InChI=1S/C24H41NO2/c1-11-19(26)23(8,9)22(6,7)18-13-12-15-24(10,16-14-18)27-21(4,5)17-20(2,3)25/h12-16H,11,17,25H2,1-10H3. The molecule has 0 saturated heterocycles. The van der Waals surface area contributed by atoms with Crippen molar-refractivity contribution in [2.75, 3.05) is 0 Å². The lowest BCUT2D eigenvalue weighted by molar-refractivity contribution is -0.131. The third-order valence-electron chi connectivity index (χ3n) is 5.98. The summed E-state index contributed by atoms with van der Waals surface area (Å²) in [5.41, 5.74) is 5.42. The summed E-state index contributed by atoms with van der Waals surface area (Å²) < 4.78 is 6.48. The SMILES string of the molecule is CCC(=O)C(C)(C)C(C)(C)C1=CC=CC(C)(OC(C)(C)CC(C)(C)N)C=C1. The monoisotopic (exact) mass is 375 g/mol. The molecule has 0 bridgehead atoms. The van der Waals surface area contributed by atoms with Gasteiger partial charge in [0.05, 0.1) is 5.60 Å². The lowest BCUT2D eigenvalue weighted by atomic mass is 9.61. The van der Waals surface area contributed by atoms with Crippen molar-refractivity contribution in [3.05, 3.63) is 36.0 Å². The highest BCUT2D eigenvalue weighted by atomic mass is 16.5. The molecule has 0 aliphatic heterocycles. The lowest BCUT2D eigenvalue weighted by Gasteiger charge is -2.42. The molecular formula is C24H41NO2. The first kappa shape index (κ1) is 23.8. The highest BCUT2D eigenvalue weighted by Crippen LogP contribution is 2.47. The normalized spacial score (nSPS) is 21.8. The van der Waals surface area contributed by atoms with Crippen molar-refractivity contribution in [2.24, 2.45) is 16.6 Å². The minimum Gasteiger partial charge on any atom is -0.361 e. The molecule has 27 heavy (non-hydrogen) atoms. The van der Waals surface area contributed by atoms with Crippen molar-refractivity contribution < 1.29 is 9.53 Å². The Bertz CT molecular complexity index is 642. The van der Waals surface area contributed by atoms with Crippen LogP contribution in [0.5, 0.6) is 0 Å². The quantitative estimate of drug-likeness (QED) is 0.587. The van der Waals surface area contributed by atoms with Crippen molar-refractivity contribution in [2.45, 2.75) is 98.8 Å². The van der Waals surface area contributed by atoms with Gasteiger partial charge in [-0.1, -0.05) is 52.8 Å². The van der Waals surface area contributed by atoms with E-state index in [1.807, 2.05) is 40.7 Å². The Morgan fingerprint density at radius 1 is 1.07 bits per heavy atom. The van der Waals surface area contributed by atoms with E-state index >= 15 is 0 Å². The van der Waals surface area contributed by atoms with E-state index in [4.69, 9.17) is 10.5 Å². The first-order valence-electron chi connectivity index (χ1n) is 10.1. The van der Waals surface area contributed by atoms with Crippen LogP contribution in [0, 0.1) is 10.8 Å². The first-order chi connectivity index (χ1) is 12.0. The van der Waals surface area contributed by atoms with E-state index in [0.29, 0.717) is 6.42 Å². The number of ketones is 1. The zero-order valence-electron chi connectivity index (χ0n) is 19.2. The Labute approximate surface area is 167 Å². The molecule has 0 amide bonds. The van der Waals surface area contributed by atoms with E-state index < -0.39 is 11.0 Å². The van der Waals surface area contributed by atoms with Crippen molar-refractivity contribution in [3.8, 4) is 0 Å². The molecule has 1 aliphatic carbocycles. The van der Waals surface area contributed by atoms with E-state index in [-0.39, 0.29) is 22.3 Å². The zero-order valence-corrected chi connectivity index (χ0v) is 19.2. The third-order valence-corrected chi connectivity index (χ3v) is 5.98. The van der Waals surface area contributed by atoms with Crippen molar-refractivity contribution in [3.63, 3.8) is 0 Å². The number of rotatable bonds is 8. The number of ether oxygens (including phenoxy) is 1. The molecule has 2 N–H and O–H groups in total. The third kappa shape index (κ3) is 5.89. The van der Waals surface area contributed by atoms with Crippen molar-refractivity contribution in [1.29, 1.82) is 0 Å². The second-order valence-corrected chi connectivity index (χ2v) is 10.6. The lowest BCUT2D eigenvalue weighted by Crippen LogP contribution is -2.45. The molecule has 0 heterocycles. The second kappa shape index (κ2) is 7.67. The predicted molar refractivity (Wildman–Crippen MR) is 116 cm³/mol. The molecule has 1 unspecified atom stereocenters. The van der Waals surface area contributed by atoms with Gasteiger partial charge in [0.2, 0.25) is 0 Å². The summed E-state index contributed by atoms with van der Waals surface area (Å²) in [5, 5.41) is 0. The highest BCUT2D eigenvalue weighted by molar-refractivity contribution is 5.85. The molecule has 154 valence electrons. The second-order valence-electron chi connectivity index (χ2n) is 10.6. The van der Waals surface area contributed by atoms with Crippen LogP contribution in [-0.2, 0) is 9.53 Å². The van der Waals surface area contributed by atoms with Gasteiger partial charge in [-0.25, -0.2) is 0 Å². The Kier molecular flexibility index (Phi) is 6.78. The fraction of sp³-hybridized carbons (Fsp3) is 0.708. The summed E-state index contributed by atoms with van der Waals surface area (Å²) >= 11 is 0. The van der Waals surface area contributed by atoms with Gasteiger partial charge < -0.3 is 10.5 Å². The van der Waals surface area contributed by atoms with E-state index in [0.717, 1.165) is 12.0 Å². The van der Waals surface area contributed by atoms with Crippen LogP contribution in [0.25, 0.3) is 0 Å². The molecule has 1 aliphatic rings. The molecule has 0 fully saturated rings. The number of hydrogen-bond donors (Lipinski definition) is 1.